The van der Waals surface area contributed by atoms with Crippen LogP contribution in [0.5, 0.6) is 0 Å². The van der Waals surface area contributed by atoms with Gasteiger partial charge in [0.1, 0.15) is 6.04 Å². The maximum atomic E-state index is 13.0. The molecule has 0 spiro atoms. The minimum Gasteiger partial charge on any atom is -0.324 e. The Bertz CT molecular complexity index is 895. The Hall–Kier alpha value is -2.18. The lowest BCUT2D eigenvalue weighted by molar-refractivity contribution is -0.120. The van der Waals surface area contributed by atoms with Gasteiger partial charge in [-0.1, -0.05) is 36.8 Å². The minimum atomic E-state index is -3.69. The first-order chi connectivity index (χ1) is 12.4. The van der Waals surface area contributed by atoms with Crippen molar-refractivity contribution in [3.63, 3.8) is 0 Å². The zero-order valence-corrected chi connectivity index (χ0v) is 15.9. The van der Waals surface area contributed by atoms with Crippen LogP contribution in [0.2, 0.25) is 0 Å². The highest BCUT2D eigenvalue weighted by Gasteiger charge is 2.37. The van der Waals surface area contributed by atoms with Gasteiger partial charge in [-0.25, -0.2) is 8.42 Å². The number of rotatable bonds is 4. The second kappa shape index (κ2) is 7.60. The van der Waals surface area contributed by atoms with E-state index in [0.29, 0.717) is 13.0 Å². The van der Waals surface area contributed by atoms with Gasteiger partial charge in [-0.15, -0.1) is 0 Å². The van der Waals surface area contributed by atoms with E-state index in [1.165, 1.54) is 4.31 Å². The standard InChI is InChI=1S/C20H24N2O3S/c1-15-11-12-16(2)18(14-15)21-20(23)19-10-6-7-13-22(19)26(24,25)17-8-4-3-5-9-17/h3-5,8-9,11-12,14,19H,6-7,10,13H2,1-2H3,(H,21,23)/t19-/m0/s1. The lowest BCUT2D eigenvalue weighted by atomic mass is 10.0. The van der Waals surface area contributed by atoms with Gasteiger partial charge in [-0.05, 0) is 56.0 Å². The van der Waals surface area contributed by atoms with Gasteiger partial charge in [0.25, 0.3) is 0 Å². The van der Waals surface area contributed by atoms with E-state index in [0.717, 1.165) is 29.7 Å². The van der Waals surface area contributed by atoms with E-state index in [1.54, 1.807) is 30.3 Å². The monoisotopic (exact) mass is 372 g/mol. The molecule has 5 nitrogen and oxygen atoms in total. The summed E-state index contributed by atoms with van der Waals surface area (Å²) in [4.78, 5) is 13.1. The highest BCUT2D eigenvalue weighted by molar-refractivity contribution is 7.89. The molecule has 1 heterocycles. The van der Waals surface area contributed by atoms with Crippen molar-refractivity contribution in [1.82, 2.24) is 4.31 Å². The lowest BCUT2D eigenvalue weighted by Crippen LogP contribution is -2.49. The summed E-state index contributed by atoms with van der Waals surface area (Å²) in [5, 5.41) is 2.93. The van der Waals surface area contributed by atoms with E-state index in [4.69, 9.17) is 0 Å². The van der Waals surface area contributed by atoms with Crippen LogP contribution in [0.1, 0.15) is 30.4 Å². The largest absolute Gasteiger partial charge is 0.324 e. The van der Waals surface area contributed by atoms with E-state index >= 15 is 0 Å². The summed E-state index contributed by atoms with van der Waals surface area (Å²) in [6.45, 7) is 4.25. The number of aryl methyl sites for hydroxylation is 2. The molecule has 0 bridgehead atoms. The molecule has 0 unspecified atom stereocenters. The van der Waals surface area contributed by atoms with Crippen molar-refractivity contribution in [3.8, 4) is 0 Å². The molecule has 0 radical (unpaired) electrons. The van der Waals surface area contributed by atoms with Gasteiger partial charge < -0.3 is 5.32 Å². The predicted octanol–water partition coefficient (Wildman–Crippen LogP) is 3.49. The molecule has 0 saturated carbocycles. The number of hydrogen-bond donors (Lipinski definition) is 1. The fourth-order valence-corrected chi connectivity index (χ4v) is 4.95. The summed E-state index contributed by atoms with van der Waals surface area (Å²) >= 11 is 0. The van der Waals surface area contributed by atoms with E-state index in [-0.39, 0.29) is 10.8 Å². The van der Waals surface area contributed by atoms with Gasteiger partial charge in [-0.3, -0.25) is 4.79 Å². The Balaban J connectivity index is 1.87. The third kappa shape index (κ3) is 3.81. The molecule has 2 aromatic rings. The van der Waals surface area contributed by atoms with Crippen molar-refractivity contribution in [1.29, 1.82) is 0 Å². The molecule has 1 aliphatic rings. The molecular weight excluding hydrogens is 348 g/mol. The maximum absolute atomic E-state index is 13.0. The van der Waals surface area contributed by atoms with Crippen molar-refractivity contribution in [2.75, 3.05) is 11.9 Å². The normalized spacial score (nSPS) is 18.5. The molecule has 6 heteroatoms. The van der Waals surface area contributed by atoms with Crippen LogP contribution in [-0.4, -0.2) is 31.2 Å². The van der Waals surface area contributed by atoms with Gasteiger partial charge in [0.05, 0.1) is 4.90 Å². The Morgan fingerprint density at radius 1 is 1.08 bits per heavy atom. The van der Waals surface area contributed by atoms with Gasteiger partial charge in [-0.2, -0.15) is 4.31 Å². The molecule has 1 N–H and O–H groups in total. The molecule has 3 rings (SSSR count). The number of sulfonamides is 1. The molecule has 1 atom stereocenters. The fourth-order valence-electron chi connectivity index (χ4n) is 3.27. The Labute approximate surface area is 155 Å². The van der Waals surface area contributed by atoms with Crippen LogP contribution in [0.25, 0.3) is 0 Å². The average Bonchev–Trinajstić information content (AvgIpc) is 2.65. The summed E-state index contributed by atoms with van der Waals surface area (Å²) in [6, 6.07) is 13.5. The summed E-state index contributed by atoms with van der Waals surface area (Å²) < 4.78 is 27.4. The fraction of sp³-hybridized carbons (Fsp3) is 0.350. The summed E-state index contributed by atoms with van der Waals surface area (Å²) in [5.74, 6) is -0.266. The third-order valence-corrected chi connectivity index (χ3v) is 6.68. The van der Waals surface area contributed by atoms with Gasteiger partial charge in [0.15, 0.2) is 0 Å². The van der Waals surface area contributed by atoms with Crippen molar-refractivity contribution < 1.29 is 13.2 Å². The second-order valence-corrected chi connectivity index (χ2v) is 8.64. The molecule has 1 aliphatic heterocycles. The van der Waals surface area contributed by atoms with E-state index in [9.17, 15) is 13.2 Å². The maximum Gasteiger partial charge on any atom is 0.243 e. The number of carbonyl (C=O) groups excluding carboxylic acids is 1. The topological polar surface area (TPSA) is 66.5 Å². The number of amides is 1. The van der Waals surface area contributed by atoms with Crippen LogP contribution in [-0.2, 0) is 14.8 Å². The third-order valence-electron chi connectivity index (χ3n) is 4.76. The first-order valence-electron chi connectivity index (χ1n) is 8.84. The second-order valence-electron chi connectivity index (χ2n) is 6.75. The quantitative estimate of drug-likeness (QED) is 0.893. The molecule has 1 fully saturated rings. The first-order valence-corrected chi connectivity index (χ1v) is 10.3. The predicted molar refractivity (Wildman–Crippen MR) is 103 cm³/mol. The summed E-state index contributed by atoms with van der Waals surface area (Å²) in [7, 11) is -3.69. The van der Waals surface area contributed by atoms with Gasteiger partial charge in [0, 0.05) is 12.2 Å². The number of hydrogen-bond acceptors (Lipinski definition) is 3. The SMILES string of the molecule is Cc1ccc(C)c(NC(=O)[C@@H]2CCCCN2S(=O)(=O)c2ccccc2)c1. The molecule has 0 aromatic heterocycles. The zero-order valence-electron chi connectivity index (χ0n) is 15.1. The summed E-state index contributed by atoms with van der Waals surface area (Å²) in [5.41, 5.74) is 2.73. The van der Waals surface area contributed by atoms with Gasteiger partial charge in [0.2, 0.25) is 15.9 Å². The molecule has 1 amide bonds. The van der Waals surface area contributed by atoms with E-state index < -0.39 is 16.1 Å². The number of piperidine rings is 1. The average molecular weight is 372 g/mol. The number of nitrogens with one attached hydrogen (secondary N) is 1. The highest BCUT2D eigenvalue weighted by Crippen LogP contribution is 2.27. The number of carbonyl (C=O) groups is 1. The highest BCUT2D eigenvalue weighted by atomic mass is 32.2. The van der Waals surface area contributed by atoms with Gasteiger partial charge >= 0.3 is 0 Å². The number of nitrogens with zero attached hydrogens (tertiary/aromatic N) is 1. The molecule has 26 heavy (non-hydrogen) atoms. The molecule has 138 valence electrons. The Morgan fingerprint density at radius 3 is 2.54 bits per heavy atom. The molecule has 0 aliphatic carbocycles. The van der Waals surface area contributed by atoms with Crippen molar-refractivity contribution in [2.45, 2.75) is 44.0 Å². The van der Waals surface area contributed by atoms with Crippen molar-refractivity contribution in [2.24, 2.45) is 0 Å². The molecular formula is C20H24N2O3S. The number of benzene rings is 2. The van der Waals surface area contributed by atoms with E-state index in [2.05, 4.69) is 5.32 Å². The van der Waals surface area contributed by atoms with Crippen LogP contribution < -0.4 is 5.32 Å². The van der Waals surface area contributed by atoms with E-state index in [1.807, 2.05) is 32.0 Å². The van der Waals surface area contributed by atoms with Crippen LogP contribution in [0, 0.1) is 13.8 Å². The smallest absolute Gasteiger partial charge is 0.243 e. The summed E-state index contributed by atoms with van der Waals surface area (Å²) in [6.07, 6.45) is 2.13. The van der Waals surface area contributed by atoms with Crippen molar-refractivity contribution >= 4 is 21.6 Å². The number of anilines is 1. The zero-order chi connectivity index (χ0) is 18.7. The van der Waals surface area contributed by atoms with Crippen LogP contribution >= 0.6 is 0 Å². The van der Waals surface area contributed by atoms with Crippen LogP contribution in [0.4, 0.5) is 5.69 Å². The Morgan fingerprint density at radius 2 is 1.81 bits per heavy atom. The minimum absolute atomic E-state index is 0.228. The first kappa shape index (κ1) is 18.6. The van der Waals surface area contributed by atoms with Crippen LogP contribution in [0.3, 0.4) is 0 Å². The Kier molecular flexibility index (Phi) is 5.44. The molecule has 1 saturated heterocycles. The van der Waals surface area contributed by atoms with Crippen LogP contribution in [0.15, 0.2) is 53.4 Å². The van der Waals surface area contributed by atoms with Crippen molar-refractivity contribution in [3.05, 3.63) is 59.7 Å². The lowest BCUT2D eigenvalue weighted by Gasteiger charge is -2.33. The molecule has 2 aromatic carbocycles.